The summed E-state index contributed by atoms with van der Waals surface area (Å²) in [5.74, 6) is 0.623. The molecule has 1 aromatic carbocycles. The minimum absolute atomic E-state index is 0.292. The molecule has 2 aromatic rings. The highest BCUT2D eigenvalue weighted by atomic mass is 19.1. The average Bonchev–Trinajstić information content (AvgIpc) is 2.34. The molecule has 0 saturated heterocycles. The molecular weight excluding hydrogens is 221 g/mol. The van der Waals surface area contributed by atoms with Crippen LogP contribution in [0, 0.1) is 12.7 Å². The van der Waals surface area contributed by atoms with Gasteiger partial charge in [0.25, 0.3) is 0 Å². The summed E-state index contributed by atoms with van der Waals surface area (Å²) in [6.45, 7) is 2.10. The lowest BCUT2D eigenvalue weighted by Crippen LogP contribution is -2.01. The summed E-state index contributed by atoms with van der Waals surface area (Å²) in [4.78, 5) is 0. The van der Waals surface area contributed by atoms with Crippen molar-refractivity contribution in [2.45, 2.75) is 13.5 Å². The highest BCUT2D eigenvalue weighted by Gasteiger charge is 2.04. The van der Waals surface area contributed by atoms with Crippen molar-refractivity contribution in [3.63, 3.8) is 0 Å². The largest absolute Gasteiger partial charge is 0.437 e. The maximum atomic E-state index is 12.9. The van der Waals surface area contributed by atoms with Crippen LogP contribution in [0.3, 0.4) is 0 Å². The zero-order valence-corrected chi connectivity index (χ0v) is 9.35. The Morgan fingerprint density at radius 1 is 1.24 bits per heavy atom. The number of nitrogens with two attached hydrogens (primary N) is 1. The van der Waals surface area contributed by atoms with E-state index in [1.807, 2.05) is 0 Å². The van der Waals surface area contributed by atoms with E-state index in [1.165, 1.54) is 12.1 Å². The van der Waals surface area contributed by atoms with E-state index >= 15 is 0 Å². The molecule has 0 saturated carbocycles. The summed E-state index contributed by atoms with van der Waals surface area (Å²) in [6, 6.07) is 7.71. The Morgan fingerprint density at radius 3 is 2.65 bits per heavy atom. The highest BCUT2D eigenvalue weighted by molar-refractivity contribution is 5.35. The molecule has 1 aromatic heterocycles. The Hall–Kier alpha value is -2.01. The molecule has 0 atom stereocenters. The van der Waals surface area contributed by atoms with E-state index in [-0.39, 0.29) is 5.82 Å². The summed E-state index contributed by atoms with van der Waals surface area (Å²) < 4.78 is 18.4. The monoisotopic (exact) mass is 233 g/mol. The van der Waals surface area contributed by atoms with Crippen molar-refractivity contribution in [2.75, 3.05) is 0 Å². The van der Waals surface area contributed by atoms with E-state index in [4.69, 9.17) is 10.5 Å². The molecule has 0 bridgehead atoms. The van der Waals surface area contributed by atoms with Gasteiger partial charge in [-0.2, -0.15) is 5.10 Å². The summed E-state index contributed by atoms with van der Waals surface area (Å²) in [5, 5.41) is 7.73. The van der Waals surface area contributed by atoms with Crippen LogP contribution in [0.5, 0.6) is 11.6 Å². The highest BCUT2D eigenvalue weighted by Crippen LogP contribution is 2.23. The fourth-order valence-corrected chi connectivity index (χ4v) is 1.35. The number of aryl methyl sites for hydroxylation is 1. The maximum Gasteiger partial charge on any atom is 0.238 e. The Morgan fingerprint density at radius 2 is 2.06 bits per heavy atom. The normalized spacial score (nSPS) is 10.3. The van der Waals surface area contributed by atoms with Crippen molar-refractivity contribution >= 4 is 0 Å². The van der Waals surface area contributed by atoms with Gasteiger partial charge in [-0.25, -0.2) is 4.39 Å². The van der Waals surface area contributed by atoms with Crippen molar-refractivity contribution in [1.29, 1.82) is 0 Å². The van der Waals surface area contributed by atoms with Crippen LogP contribution < -0.4 is 10.5 Å². The predicted octanol–water partition coefficient (Wildman–Crippen LogP) is 2.18. The molecule has 0 amide bonds. The molecular formula is C12H12FN3O. The number of nitrogens with zero attached hydrogens (tertiary/aromatic N) is 2. The molecule has 0 radical (unpaired) electrons. The first-order chi connectivity index (χ1) is 8.19. The van der Waals surface area contributed by atoms with E-state index in [2.05, 4.69) is 10.2 Å². The molecule has 1 heterocycles. The zero-order chi connectivity index (χ0) is 12.3. The standard InChI is InChI=1S/C12H12FN3O/c1-8-6-9(13)2-4-11(8)17-12-5-3-10(7-14)15-16-12/h2-6H,7,14H2,1H3. The molecule has 0 aliphatic heterocycles. The molecule has 0 unspecified atom stereocenters. The third-order valence-corrected chi connectivity index (χ3v) is 2.26. The first kappa shape index (κ1) is 11.5. The quantitative estimate of drug-likeness (QED) is 0.882. The summed E-state index contributed by atoms with van der Waals surface area (Å²) in [5.41, 5.74) is 6.80. The fourth-order valence-electron chi connectivity index (χ4n) is 1.35. The van der Waals surface area contributed by atoms with Crippen LogP contribution in [0.1, 0.15) is 11.3 Å². The second-order valence-electron chi connectivity index (χ2n) is 3.58. The van der Waals surface area contributed by atoms with Crippen molar-refractivity contribution in [2.24, 2.45) is 5.73 Å². The van der Waals surface area contributed by atoms with Gasteiger partial charge in [0.05, 0.1) is 5.69 Å². The summed E-state index contributed by atoms with van der Waals surface area (Å²) >= 11 is 0. The number of hydrogen-bond donors (Lipinski definition) is 1. The van der Waals surface area contributed by atoms with Crippen LogP contribution >= 0.6 is 0 Å². The number of halogens is 1. The number of benzene rings is 1. The van der Waals surface area contributed by atoms with Crippen LogP contribution in [0.4, 0.5) is 4.39 Å². The lowest BCUT2D eigenvalue weighted by Gasteiger charge is -2.07. The van der Waals surface area contributed by atoms with Gasteiger partial charge in [0.15, 0.2) is 0 Å². The Balaban J connectivity index is 2.19. The van der Waals surface area contributed by atoms with Crippen molar-refractivity contribution in [3.05, 3.63) is 47.4 Å². The van der Waals surface area contributed by atoms with Crippen molar-refractivity contribution in [3.8, 4) is 11.6 Å². The van der Waals surface area contributed by atoms with Crippen LogP contribution in [0.2, 0.25) is 0 Å². The molecule has 5 heteroatoms. The summed E-state index contributed by atoms with van der Waals surface area (Å²) in [6.07, 6.45) is 0. The van der Waals surface area contributed by atoms with Crippen LogP contribution in [0.25, 0.3) is 0 Å². The third-order valence-electron chi connectivity index (χ3n) is 2.26. The molecule has 88 valence electrons. The lowest BCUT2D eigenvalue weighted by molar-refractivity contribution is 0.449. The number of aromatic nitrogens is 2. The summed E-state index contributed by atoms with van der Waals surface area (Å²) in [7, 11) is 0. The number of ether oxygens (including phenoxy) is 1. The van der Waals surface area contributed by atoms with E-state index in [0.717, 1.165) is 0 Å². The third kappa shape index (κ3) is 2.76. The van der Waals surface area contributed by atoms with Gasteiger partial charge >= 0.3 is 0 Å². The van der Waals surface area contributed by atoms with Crippen molar-refractivity contribution < 1.29 is 9.13 Å². The van der Waals surface area contributed by atoms with Gasteiger partial charge in [0.2, 0.25) is 5.88 Å². The molecule has 0 spiro atoms. The smallest absolute Gasteiger partial charge is 0.238 e. The van der Waals surface area contributed by atoms with Gasteiger partial charge in [-0.15, -0.1) is 5.10 Å². The fraction of sp³-hybridized carbons (Fsp3) is 0.167. The second kappa shape index (κ2) is 4.88. The number of hydrogen-bond acceptors (Lipinski definition) is 4. The molecule has 4 nitrogen and oxygen atoms in total. The number of rotatable bonds is 3. The minimum atomic E-state index is -0.292. The van der Waals surface area contributed by atoms with Crippen LogP contribution in [-0.4, -0.2) is 10.2 Å². The average molecular weight is 233 g/mol. The zero-order valence-electron chi connectivity index (χ0n) is 9.35. The topological polar surface area (TPSA) is 61.0 Å². The van der Waals surface area contributed by atoms with Gasteiger partial charge in [0.1, 0.15) is 11.6 Å². The maximum absolute atomic E-state index is 12.9. The molecule has 0 aliphatic carbocycles. The van der Waals surface area contributed by atoms with Gasteiger partial charge < -0.3 is 10.5 Å². The molecule has 17 heavy (non-hydrogen) atoms. The minimum Gasteiger partial charge on any atom is -0.437 e. The van der Waals surface area contributed by atoms with Crippen LogP contribution in [0.15, 0.2) is 30.3 Å². The van der Waals surface area contributed by atoms with Gasteiger partial charge in [-0.1, -0.05) is 0 Å². The predicted molar refractivity (Wildman–Crippen MR) is 61.1 cm³/mol. The first-order valence-corrected chi connectivity index (χ1v) is 5.15. The molecule has 0 fully saturated rings. The Kier molecular flexibility index (Phi) is 3.30. The van der Waals surface area contributed by atoms with E-state index in [9.17, 15) is 4.39 Å². The second-order valence-corrected chi connectivity index (χ2v) is 3.58. The Bertz CT molecular complexity index is 514. The van der Waals surface area contributed by atoms with E-state index in [0.29, 0.717) is 29.4 Å². The van der Waals surface area contributed by atoms with E-state index < -0.39 is 0 Å². The van der Waals surface area contributed by atoms with Gasteiger partial charge in [-0.3, -0.25) is 0 Å². The first-order valence-electron chi connectivity index (χ1n) is 5.15. The molecule has 2 rings (SSSR count). The van der Waals surface area contributed by atoms with Gasteiger partial charge in [-0.05, 0) is 36.8 Å². The van der Waals surface area contributed by atoms with Crippen LogP contribution in [-0.2, 0) is 6.54 Å². The SMILES string of the molecule is Cc1cc(F)ccc1Oc1ccc(CN)nn1. The van der Waals surface area contributed by atoms with Gasteiger partial charge in [0, 0.05) is 12.6 Å². The molecule has 0 aliphatic rings. The van der Waals surface area contributed by atoms with E-state index in [1.54, 1.807) is 25.1 Å². The Labute approximate surface area is 98.2 Å². The van der Waals surface area contributed by atoms with Crippen molar-refractivity contribution in [1.82, 2.24) is 10.2 Å². The molecule has 2 N–H and O–H groups in total. The lowest BCUT2D eigenvalue weighted by atomic mass is 10.2.